The number of nitrogens with one attached hydrogen (secondary N) is 1. The van der Waals surface area contributed by atoms with Crippen molar-refractivity contribution >= 4 is 22.6 Å². The van der Waals surface area contributed by atoms with E-state index in [0.29, 0.717) is 24.1 Å². The van der Waals surface area contributed by atoms with Gasteiger partial charge in [0, 0.05) is 24.6 Å². The minimum atomic E-state index is 0.385. The molecule has 0 spiro atoms. The highest BCUT2D eigenvalue weighted by Gasteiger charge is 2.10. The first kappa shape index (κ1) is 16.8. The minimum absolute atomic E-state index is 0.385. The van der Waals surface area contributed by atoms with E-state index in [1.165, 1.54) is 0 Å². The highest BCUT2D eigenvalue weighted by atomic mass is 16.5. The molecule has 3 N–H and O–H groups in total. The molecule has 0 atom stereocenters. The molecule has 0 amide bonds. The Morgan fingerprint density at radius 2 is 1.96 bits per heavy atom. The number of methoxy groups -OCH3 is 2. The molecule has 0 aliphatic heterocycles. The number of amidine groups is 1. The van der Waals surface area contributed by atoms with Crippen molar-refractivity contribution in [2.75, 3.05) is 21.3 Å². The van der Waals surface area contributed by atoms with E-state index in [1.54, 1.807) is 27.5 Å². The van der Waals surface area contributed by atoms with Crippen molar-refractivity contribution in [3.8, 4) is 11.5 Å². The molecule has 0 saturated carbocycles. The average Bonchev–Trinajstić information content (AvgIpc) is 3.12. The number of rotatable bonds is 5. The summed E-state index contributed by atoms with van der Waals surface area (Å²) >= 11 is 0. The van der Waals surface area contributed by atoms with Crippen LogP contribution in [0, 0.1) is 0 Å². The number of aromatic amines is 1. The van der Waals surface area contributed by atoms with Gasteiger partial charge >= 0.3 is 6.02 Å². The van der Waals surface area contributed by atoms with Crippen molar-refractivity contribution in [3.05, 3.63) is 48.2 Å². The molecule has 7 heteroatoms. The molecule has 0 bridgehead atoms. The van der Waals surface area contributed by atoms with Gasteiger partial charge in [0.25, 0.3) is 0 Å². The molecule has 0 aliphatic rings. The number of H-pyrrole nitrogens is 1. The molecule has 3 aromatic rings. The maximum atomic E-state index is 5.82. The van der Waals surface area contributed by atoms with Crippen LogP contribution in [0.3, 0.4) is 0 Å². The lowest BCUT2D eigenvalue weighted by atomic mass is 10.2. The van der Waals surface area contributed by atoms with E-state index in [-0.39, 0.29) is 0 Å². The third-order valence-electron chi connectivity index (χ3n) is 3.81. The molecule has 1 heterocycles. The molecule has 0 radical (unpaired) electrons. The van der Waals surface area contributed by atoms with Crippen LogP contribution < -0.4 is 14.8 Å². The predicted octanol–water partition coefficient (Wildman–Crippen LogP) is 1.98. The van der Waals surface area contributed by atoms with Gasteiger partial charge < -0.3 is 14.2 Å². The van der Waals surface area contributed by atoms with Gasteiger partial charge in [0.1, 0.15) is 12.3 Å². The summed E-state index contributed by atoms with van der Waals surface area (Å²) in [5.74, 6) is 1.36. The molecule has 1 aromatic heterocycles. The van der Waals surface area contributed by atoms with Gasteiger partial charge in [-0.15, -0.1) is 0 Å². The van der Waals surface area contributed by atoms with Gasteiger partial charge in [-0.05, 0) is 23.8 Å². The summed E-state index contributed by atoms with van der Waals surface area (Å²) in [6.07, 6.45) is 1.79. The molecule has 130 valence electrons. The lowest BCUT2D eigenvalue weighted by Gasteiger charge is -2.10. The van der Waals surface area contributed by atoms with E-state index in [4.69, 9.17) is 14.2 Å². The second-order valence-electron chi connectivity index (χ2n) is 5.40. The smallest absolute Gasteiger partial charge is 0.395 e. The van der Waals surface area contributed by atoms with Crippen molar-refractivity contribution in [2.24, 2.45) is 4.99 Å². The summed E-state index contributed by atoms with van der Waals surface area (Å²) in [6, 6.07) is 12.3. The van der Waals surface area contributed by atoms with Crippen LogP contribution in [-0.4, -0.2) is 37.5 Å². The van der Waals surface area contributed by atoms with Gasteiger partial charge in [-0.3, -0.25) is 5.10 Å². The Kier molecular flexibility index (Phi) is 5.15. The van der Waals surface area contributed by atoms with E-state index in [1.807, 2.05) is 41.7 Å². The minimum Gasteiger partial charge on any atom is -0.493 e. The number of ether oxygens (including phenoxy) is 3. The third-order valence-corrected chi connectivity index (χ3v) is 3.81. The lowest BCUT2D eigenvalue weighted by Crippen LogP contribution is -2.83. The first-order valence-corrected chi connectivity index (χ1v) is 7.82. The topological polar surface area (TPSA) is 85.3 Å². The Labute approximate surface area is 145 Å². The van der Waals surface area contributed by atoms with Crippen LogP contribution in [0.4, 0.5) is 5.69 Å². The Hall–Kier alpha value is -3.06. The molecular weight excluding hydrogens is 320 g/mol. The third kappa shape index (κ3) is 3.89. The van der Waals surface area contributed by atoms with Crippen LogP contribution in [0.25, 0.3) is 10.9 Å². The maximum absolute atomic E-state index is 5.82. The number of quaternary nitrogens is 1. The quantitative estimate of drug-likeness (QED) is 0.422. The van der Waals surface area contributed by atoms with Gasteiger partial charge in [-0.1, -0.05) is 6.07 Å². The number of nitrogens with zero attached hydrogens (tertiary/aromatic N) is 2. The highest BCUT2D eigenvalue weighted by molar-refractivity contribution is 5.80. The molecule has 0 fully saturated rings. The summed E-state index contributed by atoms with van der Waals surface area (Å²) in [4.78, 5) is 4.20. The number of aromatic nitrogens is 2. The summed E-state index contributed by atoms with van der Waals surface area (Å²) in [6.45, 7) is 0.385. The number of hydrogen-bond acceptors (Lipinski definition) is 5. The molecule has 2 aromatic carbocycles. The Morgan fingerprint density at radius 3 is 2.72 bits per heavy atom. The van der Waals surface area contributed by atoms with Gasteiger partial charge in [-0.25, -0.2) is 10.3 Å². The summed E-state index contributed by atoms with van der Waals surface area (Å²) < 4.78 is 16.4. The highest BCUT2D eigenvalue weighted by Crippen LogP contribution is 2.27. The SMILES string of the molecule is CN=C([NH2+]c1ccc2cn[nH]c2c1)OCc1ccc(OC)c(OC)c1. The molecule has 0 aliphatic carbocycles. The standard InChI is InChI=1S/C18H20N4O3/c1-19-18(21-14-6-5-13-10-20-22-15(13)9-14)25-11-12-4-7-16(23-2)17(8-12)24-3/h4-10H,11H2,1-3H3,(H,19,21)(H,20,22)/p+1. The Balaban J connectivity index is 1.66. The van der Waals surface area contributed by atoms with E-state index in [0.717, 1.165) is 22.2 Å². The van der Waals surface area contributed by atoms with Crippen molar-refractivity contribution in [2.45, 2.75) is 6.61 Å². The first-order chi connectivity index (χ1) is 12.2. The Bertz CT molecular complexity index is 889. The zero-order valence-electron chi connectivity index (χ0n) is 14.4. The first-order valence-electron chi connectivity index (χ1n) is 7.82. The normalized spacial score (nSPS) is 11.6. The van der Waals surface area contributed by atoms with Crippen molar-refractivity contribution in [3.63, 3.8) is 0 Å². The average molecular weight is 341 g/mol. The lowest BCUT2D eigenvalue weighted by molar-refractivity contribution is -0.465. The predicted molar refractivity (Wildman–Crippen MR) is 95.4 cm³/mol. The monoisotopic (exact) mass is 341 g/mol. The van der Waals surface area contributed by atoms with Crippen molar-refractivity contribution in [1.82, 2.24) is 10.2 Å². The largest absolute Gasteiger partial charge is 0.493 e. The summed E-state index contributed by atoms with van der Waals surface area (Å²) in [5, 5.41) is 9.94. The summed E-state index contributed by atoms with van der Waals surface area (Å²) in [7, 11) is 4.93. The second-order valence-corrected chi connectivity index (χ2v) is 5.40. The fourth-order valence-electron chi connectivity index (χ4n) is 2.49. The van der Waals surface area contributed by atoms with Crippen molar-refractivity contribution in [1.29, 1.82) is 0 Å². The van der Waals surface area contributed by atoms with Crippen LogP contribution in [0.1, 0.15) is 5.56 Å². The Morgan fingerprint density at radius 1 is 1.12 bits per heavy atom. The van der Waals surface area contributed by atoms with Crippen LogP contribution >= 0.6 is 0 Å². The van der Waals surface area contributed by atoms with E-state index >= 15 is 0 Å². The fraction of sp³-hybridized carbons (Fsp3) is 0.222. The number of aliphatic imine (C=N–C) groups is 1. The van der Waals surface area contributed by atoms with E-state index < -0.39 is 0 Å². The molecule has 25 heavy (non-hydrogen) atoms. The van der Waals surface area contributed by atoms with Crippen LogP contribution in [0.5, 0.6) is 11.5 Å². The molecule has 3 rings (SSSR count). The summed E-state index contributed by atoms with van der Waals surface area (Å²) in [5.41, 5.74) is 2.94. The van der Waals surface area contributed by atoms with Gasteiger partial charge in [0.05, 0.1) is 25.9 Å². The molecule has 0 saturated heterocycles. The molecular formula is C18H21N4O3+. The van der Waals surface area contributed by atoms with Crippen LogP contribution in [-0.2, 0) is 11.3 Å². The molecule has 7 nitrogen and oxygen atoms in total. The molecule has 0 unspecified atom stereocenters. The van der Waals surface area contributed by atoms with Gasteiger partial charge in [-0.2, -0.15) is 5.10 Å². The zero-order valence-corrected chi connectivity index (χ0v) is 14.4. The number of benzene rings is 2. The van der Waals surface area contributed by atoms with E-state index in [2.05, 4.69) is 15.2 Å². The second kappa shape index (κ2) is 7.67. The zero-order chi connectivity index (χ0) is 17.6. The fourth-order valence-corrected chi connectivity index (χ4v) is 2.49. The number of nitrogens with two attached hydrogens (primary N) is 1. The number of fused-ring (bicyclic) bond motifs is 1. The number of hydrogen-bond donors (Lipinski definition) is 2. The van der Waals surface area contributed by atoms with E-state index in [9.17, 15) is 0 Å². The van der Waals surface area contributed by atoms with Crippen LogP contribution in [0.15, 0.2) is 47.6 Å². The van der Waals surface area contributed by atoms with Crippen molar-refractivity contribution < 1.29 is 19.5 Å². The maximum Gasteiger partial charge on any atom is 0.395 e. The van der Waals surface area contributed by atoms with Gasteiger partial charge in [0.2, 0.25) is 0 Å². The van der Waals surface area contributed by atoms with Gasteiger partial charge in [0.15, 0.2) is 11.5 Å². The van der Waals surface area contributed by atoms with Crippen LogP contribution in [0.2, 0.25) is 0 Å².